The minimum atomic E-state index is 0.451. The van der Waals surface area contributed by atoms with Gasteiger partial charge in [-0.05, 0) is 38.7 Å². The first-order valence-electron chi connectivity index (χ1n) is 7.46. The summed E-state index contributed by atoms with van der Waals surface area (Å²) < 4.78 is 4.02. The summed E-state index contributed by atoms with van der Waals surface area (Å²) in [7, 11) is 4.07. The van der Waals surface area contributed by atoms with Crippen LogP contribution in [0.1, 0.15) is 42.3 Å². The first-order valence-corrected chi connectivity index (χ1v) is 7.46. The Labute approximate surface area is 119 Å². The molecule has 2 aromatic heterocycles. The molecule has 1 N–H and O–H groups in total. The van der Waals surface area contributed by atoms with Crippen molar-refractivity contribution in [1.29, 1.82) is 0 Å². The summed E-state index contributed by atoms with van der Waals surface area (Å²) in [6.07, 6.45) is 4.91. The SMILES string of the molecule is Cc1cc(-c2c3c(nn2C)[C@H]2CCC[C@H](C3)N2)n(C)n1. The second kappa shape index (κ2) is 4.19. The van der Waals surface area contributed by atoms with Crippen molar-refractivity contribution < 1.29 is 0 Å². The van der Waals surface area contributed by atoms with Crippen LogP contribution in [0.2, 0.25) is 0 Å². The standard InChI is InChI=1S/C15H21N5/c1-9-7-13(19(2)17-9)15-11-8-10-5-4-6-12(16-10)14(11)18-20(15)3/h7,10,12,16H,4-6,8H2,1-3H3/t10-,12-/m1/s1. The molecule has 1 fully saturated rings. The molecule has 2 aliphatic rings. The fourth-order valence-corrected chi connectivity index (χ4v) is 3.87. The van der Waals surface area contributed by atoms with Gasteiger partial charge in [0.2, 0.25) is 0 Å². The van der Waals surface area contributed by atoms with E-state index in [1.807, 2.05) is 23.3 Å². The average molecular weight is 271 g/mol. The van der Waals surface area contributed by atoms with Gasteiger partial charge in [-0.15, -0.1) is 0 Å². The smallest absolute Gasteiger partial charge is 0.0896 e. The molecule has 0 amide bonds. The lowest BCUT2D eigenvalue weighted by atomic mass is 9.84. The third-order valence-corrected chi connectivity index (χ3v) is 4.68. The van der Waals surface area contributed by atoms with Gasteiger partial charge in [-0.25, -0.2) is 0 Å². The summed E-state index contributed by atoms with van der Waals surface area (Å²) in [4.78, 5) is 0. The van der Waals surface area contributed by atoms with Crippen molar-refractivity contribution in [3.05, 3.63) is 23.0 Å². The Morgan fingerprint density at radius 2 is 2.05 bits per heavy atom. The maximum absolute atomic E-state index is 4.81. The molecule has 2 aliphatic heterocycles. The topological polar surface area (TPSA) is 47.7 Å². The van der Waals surface area contributed by atoms with E-state index >= 15 is 0 Å². The fraction of sp³-hybridized carbons (Fsp3) is 0.600. The predicted molar refractivity (Wildman–Crippen MR) is 77.4 cm³/mol. The van der Waals surface area contributed by atoms with E-state index in [4.69, 9.17) is 5.10 Å². The lowest BCUT2D eigenvalue weighted by Crippen LogP contribution is -2.42. The Morgan fingerprint density at radius 3 is 2.80 bits per heavy atom. The van der Waals surface area contributed by atoms with Gasteiger partial charge in [0.25, 0.3) is 0 Å². The lowest BCUT2D eigenvalue weighted by Gasteiger charge is -2.35. The Morgan fingerprint density at radius 1 is 1.20 bits per heavy atom. The molecule has 2 bridgehead atoms. The van der Waals surface area contributed by atoms with E-state index in [2.05, 4.69) is 23.5 Å². The molecule has 4 rings (SSSR count). The number of fused-ring (bicyclic) bond motifs is 4. The molecule has 106 valence electrons. The molecule has 5 heteroatoms. The third-order valence-electron chi connectivity index (χ3n) is 4.68. The maximum atomic E-state index is 4.81. The van der Waals surface area contributed by atoms with Crippen LogP contribution in [-0.2, 0) is 20.5 Å². The van der Waals surface area contributed by atoms with E-state index in [1.165, 1.54) is 41.9 Å². The van der Waals surface area contributed by atoms with E-state index in [-0.39, 0.29) is 0 Å². The number of nitrogens with zero attached hydrogens (tertiary/aromatic N) is 4. The first kappa shape index (κ1) is 12.1. The summed E-state index contributed by atoms with van der Waals surface area (Å²) in [5.41, 5.74) is 6.19. The molecule has 4 heterocycles. The molecule has 0 unspecified atom stereocenters. The average Bonchev–Trinajstić information content (AvgIpc) is 2.89. The van der Waals surface area contributed by atoms with E-state index in [0.717, 1.165) is 12.1 Å². The van der Waals surface area contributed by atoms with Crippen molar-refractivity contribution in [3.8, 4) is 11.4 Å². The van der Waals surface area contributed by atoms with Crippen molar-refractivity contribution in [2.75, 3.05) is 0 Å². The number of piperidine rings is 1. The van der Waals surface area contributed by atoms with Gasteiger partial charge in [0.15, 0.2) is 0 Å². The second-order valence-corrected chi connectivity index (χ2v) is 6.18. The van der Waals surface area contributed by atoms with E-state index in [0.29, 0.717) is 12.1 Å². The summed E-state index contributed by atoms with van der Waals surface area (Å²) in [6, 6.07) is 3.24. The Hall–Kier alpha value is -1.62. The molecule has 2 aromatic rings. The van der Waals surface area contributed by atoms with Gasteiger partial charge in [-0.3, -0.25) is 9.36 Å². The summed E-state index contributed by atoms with van der Waals surface area (Å²) >= 11 is 0. The number of hydrogen-bond donors (Lipinski definition) is 1. The van der Waals surface area contributed by atoms with Gasteiger partial charge in [0.05, 0.1) is 28.8 Å². The zero-order valence-electron chi connectivity index (χ0n) is 12.3. The van der Waals surface area contributed by atoms with Crippen LogP contribution in [0.5, 0.6) is 0 Å². The predicted octanol–water partition coefficient (Wildman–Crippen LogP) is 1.87. The fourth-order valence-electron chi connectivity index (χ4n) is 3.87. The zero-order valence-corrected chi connectivity index (χ0v) is 12.3. The van der Waals surface area contributed by atoms with Crippen LogP contribution in [-0.4, -0.2) is 25.6 Å². The molecular formula is C15H21N5. The van der Waals surface area contributed by atoms with E-state index in [9.17, 15) is 0 Å². The van der Waals surface area contributed by atoms with Gasteiger partial charge in [0, 0.05) is 25.7 Å². The first-order chi connectivity index (χ1) is 9.63. The van der Waals surface area contributed by atoms with Crippen LogP contribution in [0.15, 0.2) is 6.07 Å². The Balaban J connectivity index is 1.90. The molecule has 2 atom stereocenters. The van der Waals surface area contributed by atoms with Gasteiger partial charge >= 0.3 is 0 Å². The van der Waals surface area contributed by atoms with Crippen LogP contribution in [0.4, 0.5) is 0 Å². The highest BCUT2D eigenvalue weighted by Gasteiger charge is 2.35. The molecule has 5 nitrogen and oxygen atoms in total. The van der Waals surface area contributed by atoms with Crippen molar-refractivity contribution in [1.82, 2.24) is 24.9 Å². The monoisotopic (exact) mass is 271 g/mol. The maximum Gasteiger partial charge on any atom is 0.0896 e. The lowest BCUT2D eigenvalue weighted by molar-refractivity contribution is 0.297. The normalized spacial score (nSPS) is 24.8. The number of nitrogens with one attached hydrogen (secondary N) is 1. The van der Waals surface area contributed by atoms with Crippen LogP contribution >= 0.6 is 0 Å². The molecule has 0 spiro atoms. The third kappa shape index (κ3) is 1.66. The number of aromatic nitrogens is 4. The number of hydrogen-bond acceptors (Lipinski definition) is 3. The van der Waals surface area contributed by atoms with Gasteiger partial charge in [0.1, 0.15) is 0 Å². The molecule has 0 saturated carbocycles. The molecule has 0 aromatic carbocycles. The van der Waals surface area contributed by atoms with E-state index in [1.54, 1.807) is 0 Å². The minimum absolute atomic E-state index is 0.451. The number of rotatable bonds is 1. The zero-order chi connectivity index (χ0) is 13.9. The van der Waals surface area contributed by atoms with Crippen molar-refractivity contribution in [2.24, 2.45) is 14.1 Å². The molecule has 0 radical (unpaired) electrons. The van der Waals surface area contributed by atoms with E-state index < -0.39 is 0 Å². The summed E-state index contributed by atoms with van der Waals surface area (Å²) in [6.45, 7) is 2.04. The molecule has 20 heavy (non-hydrogen) atoms. The van der Waals surface area contributed by atoms with Gasteiger partial charge in [-0.1, -0.05) is 0 Å². The largest absolute Gasteiger partial charge is 0.305 e. The highest BCUT2D eigenvalue weighted by atomic mass is 15.3. The van der Waals surface area contributed by atoms with Crippen molar-refractivity contribution >= 4 is 0 Å². The highest BCUT2D eigenvalue weighted by Crippen LogP contribution is 2.38. The Kier molecular flexibility index (Phi) is 2.54. The van der Waals surface area contributed by atoms with Crippen molar-refractivity contribution in [3.63, 3.8) is 0 Å². The molecule has 1 saturated heterocycles. The van der Waals surface area contributed by atoms with Crippen LogP contribution < -0.4 is 5.32 Å². The van der Waals surface area contributed by atoms with Crippen LogP contribution in [0.3, 0.4) is 0 Å². The van der Waals surface area contributed by atoms with Crippen LogP contribution in [0, 0.1) is 6.92 Å². The van der Waals surface area contributed by atoms with Gasteiger partial charge < -0.3 is 5.32 Å². The molecular weight excluding hydrogens is 250 g/mol. The van der Waals surface area contributed by atoms with Crippen LogP contribution in [0.25, 0.3) is 11.4 Å². The molecule has 0 aliphatic carbocycles. The highest BCUT2D eigenvalue weighted by molar-refractivity contribution is 5.63. The minimum Gasteiger partial charge on any atom is -0.305 e. The second-order valence-electron chi connectivity index (χ2n) is 6.18. The van der Waals surface area contributed by atoms with Crippen molar-refractivity contribution in [2.45, 2.75) is 44.7 Å². The summed E-state index contributed by atoms with van der Waals surface area (Å²) in [5.74, 6) is 0. The quantitative estimate of drug-likeness (QED) is 0.861. The summed E-state index contributed by atoms with van der Waals surface area (Å²) in [5, 5.41) is 13.0. The van der Waals surface area contributed by atoms with Gasteiger partial charge in [-0.2, -0.15) is 10.2 Å². The number of aryl methyl sites for hydroxylation is 3. The Bertz CT molecular complexity index is 666.